The number of hydrogen-bond acceptors (Lipinski definition) is 4. The lowest BCUT2D eigenvalue weighted by molar-refractivity contribution is -0.123. The number of hydrogen-bond donors (Lipinski definition) is 3. The van der Waals surface area contributed by atoms with Crippen LogP contribution in [0.5, 0.6) is 0 Å². The van der Waals surface area contributed by atoms with E-state index in [2.05, 4.69) is 57.7 Å². The van der Waals surface area contributed by atoms with Gasteiger partial charge in [-0.05, 0) is 57.7 Å². The number of nitrogens with one attached hydrogen (secondary N) is 2. The minimum absolute atomic E-state index is 0.0176. The second kappa shape index (κ2) is 12.7. The van der Waals surface area contributed by atoms with Gasteiger partial charge in [-0.25, -0.2) is 0 Å². The van der Waals surface area contributed by atoms with Crippen molar-refractivity contribution in [3.8, 4) is 0 Å². The van der Waals surface area contributed by atoms with Crippen molar-refractivity contribution in [3.05, 3.63) is 35.9 Å². The van der Waals surface area contributed by atoms with Crippen molar-refractivity contribution in [1.29, 1.82) is 0 Å². The third-order valence-corrected chi connectivity index (χ3v) is 6.33. The number of piperidine rings is 2. The Labute approximate surface area is 187 Å². The first-order chi connectivity index (χ1) is 15.1. The molecule has 31 heavy (non-hydrogen) atoms. The van der Waals surface area contributed by atoms with E-state index in [0.29, 0.717) is 6.04 Å². The van der Waals surface area contributed by atoms with Crippen LogP contribution in [0.1, 0.15) is 44.6 Å². The summed E-state index contributed by atoms with van der Waals surface area (Å²) in [6.45, 7) is 9.87. The van der Waals surface area contributed by atoms with Crippen molar-refractivity contribution in [2.75, 3.05) is 45.8 Å². The van der Waals surface area contributed by atoms with E-state index in [-0.39, 0.29) is 11.8 Å². The summed E-state index contributed by atoms with van der Waals surface area (Å²) in [7, 11) is 0. The van der Waals surface area contributed by atoms with Crippen LogP contribution >= 0.6 is 0 Å². The minimum Gasteiger partial charge on any atom is -0.369 e. The highest BCUT2D eigenvalue weighted by Gasteiger charge is 2.23. The topological polar surface area (TPSA) is 86.0 Å². The quantitative estimate of drug-likeness (QED) is 0.317. The molecule has 7 heteroatoms. The fraction of sp³-hybridized carbons (Fsp3) is 0.667. The van der Waals surface area contributed by atoms with Crippen LogP contribution in [0.15, 0.2) is 35.3 Å². The molecule has 1 atom stereocenters. The van der Waals surface area contributed by atoms with Crippen molar-refractivity contribution in [1.82, 2.24) is 20.4 Å². The zero-order valence-corrected chi connectivity index (χ0v) is 19.1. The van der Waals surface area contributed by atoms with Crippen LogP contribution in [-0.2, 0) is 11.3 Å². The molecular weight excluding hydrogens is 388 g/mol. The molecule has 172 valence electrons. The Hall–Kier alpha value is -2.12. The van der Waals surface area contributed by atoms with E-state index >= 15 is 0 Å². The van der Waals surface area contributed by atoms with E-state index in [1.54, 1.807) is 0 Å². The van der Waals surface area contributed by atoms with Gasteiger partial charge in [-0.3, -0.25) is 14.7 Å². The summed E-state index contributed by atoms with van der Waals surface area (Å²) in [6.07, 6.45) is 5.27. The van der Waals surface area contributed by atoms with Gasteiger partial charge in [0, 0.05) is 45.3 Å². The molecule has 0 saturated carbocycles. The van der Waals surface area contributed by atoms with Crippen molar-refractivity contribution in [2.45, 2.75) is 51.6 Å². The normalized spacial score (nSPS) is 21.7. The standard InChI is InChI=1S/C24H40N6O/c1-2-26-24(27-13-7-15-29-14-6-10-21(19-29)23(25)31)28-22-11-16-30(17-12-22)18-20-8-4-3-5-9-20/h3-5,8-9,21-22H,2,6-7,10-19H2,1H3,(H2,25,31)(H2,26,27,28). The van der Waals surface area contributed by atoms with Gasteiger partial charge in [0.05, 0.1) is 5.92 Å². The lowest BCUT2D eigenvalue weighted by atomic mass is 9.97. The largest absolute Gasteiger partial charge is 0.369 e. The summed E-state index contributed by atoms with van der Waals surface area (Å²) in [4.78, 5) is 21.1. The average Bonchev–Trinajstić information content (AvgIpc) is 2.79. The van der Waals surface area contributed by atoms with Gasteiger partial charge in [-0.2, -0.15) is 0 Å². The summed E-state index contributed by atoms with van der Waals surface area (Å²) in [5.41, 5.74) is 6.87. The molecule has 0 radical (unpaired) electrons. The number of likely N-dealkylation sites (tertiary alicyclic amines) is 2. The number of aliphatic imine (C=N–C) groups is 1. The molecular formula is C24H40N6O. The van der Waals surface area contributed by atoms with Crippen molar-refractivity contribution in [2.24, 2.45) is 16.6 Å². The number of carbonyl (C=O) groups is 1. The summed E-state index contributed by atoms with van der Waals surface area (Å²) in [5.74, 6) is 0.790. The van der Waals surface area contributed by atoms with Crippen molar-refractivity contribution < 1.29 is 4.79 Å². The Balaban J connectivity index is 1.37. The van der Waals surface area contributed by atoms with Crippen LogP contribution in [0.4, 0.5) is 0 Å². The first-order valence-electron chi connectivity index (χ1n) is 12.0. The highest BCUT2D eigenvalue weighted by molar-refractivity contribution is 5.80. The number of amides is 1. The molecule has 7 nitrogen and oxygen atoms in total. The van der Waals surface area contributed by atoms with Gasteiger partial charge in [0.25, 0.3) is 0 Å². The molecule has 1 aromatic rings. The Morgan fingerprint density at radius 3 is 2.61 bits per heavy atom. The monoisotopic (exact) mass is 428 g/mol. The molecule has 1 aromatic carbocycles. The summed E-state index contributed by atoms with van der Waals surface area (Å²) < 4.78 is 0. The van der Waals surface area contributed by atoms with Crippen LogP contribution in [0.25, 0.3) is 0 Å². The highest BCUT2D eigenvalue weighted by Crippen LogP contribution is 2.16. The van der Waals surface area contributed by atoms with E-state index in [0.717, 1.165) is 90.4 Å². The van der Waals surface area contributed by atoms with E-state index < -0.39 is 0 Å². The maximum absolute atomic E-state index is 11.4. The Kier molecular flexibility index (Phi) is 9.62. The van der Waals surface area contributed by atoms with Gasteiger partial charge in [-0.15, -0.1) is 0 Å². The van der Waals surface area contributed by atoms with Crippen LogP contribution in [0.3, 0.4) is 0 Å². The predicted molar refractivity (Wildman–Crippen MR) is 127 cm³/mol. The van der Waals surface area contributed by atoms with Gasteiger partial charge in [0.1, 0.15) is 0 Å². The summed E-state index contributed by atoms with van der Waals surface area (Å²) in [5, 5.41) is 7.03. The number of carbonyl (C=O) groups excluding carboxylic acids is 1. The Morgan fingerprint density at radius 1 is 1.13 bits per heavy atom. The number of guanidine groups is 1. The minimum atomic E-state index is -0.156. The smallest absolute Gasteiger partial charge is 0.221 e. The second-order valence-electron chi connectivity index (χ2n) is 8.84. The maximum Gasteiger partial charge on any atom is 0.221 e. The van der Waals surface area contributed by atoms with Gasteiger partial charge < -0.3 is 21.3 Å². The van der Waals surface area contributed by atoms with Gasteiger partial charge in [-0.1, -0.05) is 30.3 Å². The Morgan fingerprint density at radius 2 is 1.90 bits per heavy atom. The molecule has 2 aliphatic heterocycles. The predicted octanol–water partition coefficient (Wildman–Crippen LogP) is 1.79. The van der Waals surface area contributed by atoms with E-state index in [1.165, 1.54) is 5.56 Å². The molecule has 2 saturated heterocycles. The van der Waals surface area contributed by atoms with Gasteiger partial charge in [0.2, 0.25) is 5.91 Å². The van der Waals surface area contributed by atoms with Gasteiger partial charge in [0.15, 0.2) is 5.96 Å². The van der Waals surface area contributed by atoms with Crippen molar-refractivity contribution >= 4 is 11.9 Å². The molecule has 2 aliphatic rings. The average molecular weight is 429 g/mol. The molecule has 0 spiro atoms. The fourth-order valence-corrected chi connectivity index (χ4v) is 4.57. The molecule has 0 bridgehead atoms. The van der Waals surface area contributed by atoms with Crippen LogP contribution in [0.2, 0.25) is 0 Å². The maximum atomic E-state index is 11.4. The zero-order chi connectivity index (χ0) is 21.9. The Bertz CT molecular complexity index is 687. The zero-order valence-electron chi connectivity index (χ0n) is 19.1. The molecule has 2 fully saturated rings. The van der Waals surface area contributed by atoms with E-state index in [1.807, 2.05) is 0 Å². The van der Waals surface area contributed by atoms with Gasteiger partial charge >= 0.3 is 0 Å². The third kappa shape index (κ3) is 8.15. The second-order valence-corrected chi connectivity index (χ2v) is 8.84. The van der Waals surface area contributed by atoms with E-state index in [4.69, 9.17) is 10.7 Å². The lowest BCUT2D eigenvalue weighted by Crippen LogP contribution is -2.48. The van der Waals surface area contributed by atoms with Crippen LogP contribution in [0, 0.1) is 5.92 Å². The molecule has 1 amide bonds. The first-order valence-corrected chi connectivity index (χ1v) is 12.0. The number of nitrogens with two attached hydrogens (primary N) is 1. The number of nitrogens with zero attached hydrogens (tertiary/aromatic N) is 3. The fourth-order valence-electron chi connectivity index (χ4n) is 4.57. The lowest BCUT2D eigenvalue weighted by Gasteiger charge is -2.33. The first kappa shape index (κ1) is 23.5. The van der Waals surface area contributed by atoms with Crippen LogP contribution < -0.4 is 16.4 Å². The summed E-state index contributed by atoms with van der Waals surface area (Å²) >= 11 is 0. The molecule has 1 unspecified atom stereocenters. The molecule has 3 rings (SSSR count). The number of rotatable bonds is 9. The van der Waals surface area contributed by atoms with Crippen molar-refractivity contribution in [3.63, 3.8) is 0 Å². The van der Waals surface area contributed by atoms with E-state index in [9.17, 15) is 4.79 Å². The summed E-state index contributed by atoms with van der Waals surface area (Å²) in [6, 6.07) is 11.2. The van der Waals surface area contributed by atoms with Crippen LogP contribution in [-0.4, -0.2) is 73.5 Å². The molecule has 2 heterocycles. The SMILES string of the molecule is CCNC(=NCCCN1CCCC(C(N)=O)C1)NC1CCN(Cc2ccccc2)CC1. The molecule has 0 aromatic heterocycles. The third-order valence-electron chi connectivity index (χ3n) is 6.33. The highest BCUT2D eigenvalue weighted by atomic mass is 16.1. The molecule has 4 N–H and O–H groups in total. The molecule has 0 aliphatic carbocycles. The number of primary amides is 1. The number of benzene rings is 1.